The molecule has 106 valence electrons. The Morgan fingerprint density at radius 3 is 2.55 bits per heavy atom. The first-order valence-electron chi connectivity index (χ1n) is 5.70. The van der Waals surface area contributed by atoms with Gasteiger partial charge in [0.1, 0.15) is 0 Å². The van der Waals surface area contributed by atoms with Crippen LogP contribution in [0.2, 0.25) is 5.02 Å². The molecule has 0 aliphatic heterocycles. The second-order valence-electron chi connectivity index (χ2n) is 4.02. The smallest absolute Gasteiger partial charge is 0.262 e. The van der Waals surface area contributed by atoms with Crippen LogP contribution >= 0.6 is 11.6 Å². The number of nitrogens with one attached hydrogen (secondary N) is 1. The molecule has 0 bridgehead atoms. The predicted octanol–water partition coefficient (Wildman–Crippen LogP) is 2.74. The lowest BCUT2D eigenvalue weighted by atomic mass is 10.2. The molecular weight excluding hydrogens is 303 g/mol. The maximum atomic E-state index is 13.7. The molecule has 0 aliphatic rings. The van der Waals surface area contributed by atoms with Crippen molar-refractivity contribution >= 4 is 27.3 Å². The van der Waals surface area contributed by atoms with Crippen LogP contribution in [0.1, 0.15) is 5.56 Å². The van der Waals surface area contributed by atoms with E-state index in [0.29, 0.717) is 5.56 Å². The summed E-state index contributed by atoms with van der Waals surface area (Å²) in [6.07, 6.45) is 0. The first-order chi connectivity index (χ1) is 9.45. The van der Waals surface area contributed by atoms with Crippen molar-refractivity contribution in [1.82, 2.24) is 0 Å². The molecule has 0 fully saturated rings. The van der Waals surface area contributed by atoms with E-state index in [-0.39, 0.29) is 22.2 Å². The van der Waals surface area contributed by atoms with Crippen molar-refractivity contribution in [2.45, 2.75) is 11.4 Å². The van der Waals surface area contributed by atoms with Crippen LogP contribution < -0.4 is 10.5 Å². The molecule has 0 radical (unpaired) electrons. The zero-order valence-electron chi connectivity index (χ0n) is 10.3. The van der Waals surface area contributed by atoms with Gasteiger partial charge >= 0.3 is 0 Å². The van der Waals surface area contributed by atoms with E-state index < -0.39 is 15.8 Å². The number of rotatable bonds is 4. The Bertz CT molecular complexity index is 735. The van der Waals surface area contributed by atoms with Crippen LogP contribution in [-0.4, -0.2) is 8.42 Å². The summed E-state index contributed by atoms with van der Waals surface area (Å²) >= 11 is 5.62. The van der Waals surface area contributed by atoms with Gasteiger partial charge in [0.05, 0.1) is 15.6 Å². The molecule has 20 heavy (non-hydrogen) atoms. The third-order valence-electron chi connectivity index (χ3n) is 2.68. The van der Waals surface area contributed by atoms with Gasteiger partial charge in [0, 0.05) is 6.54 Å². The Balaban J connectivity index is 2.44. The quantitative estimate of drug-likeness (QED) is 0.911. The maximum Gasteiger partial charge on any atom is 0.262 e. The van der Waals surface area contributed by atoms with Crippen molar-refractivity contribution in [3.8, 4) is 0 Å². The van der Waals surface area contributed by atoms with Crippen molar-refractivity contribution in [3.63, 3.8) is 0 Å². The van der Waals surface area contributed by atoms with E-state index in [1.807, 2.05) is 0 Å². The molecule has 2 aromatic rings. The summed E-state index contributed by atoms with van der Waals surface area (Å²) in [5.41, 5.74) is 5.75. The highest BCUT2D eigenvalue weighted by atomic mass is 35.5. The van der Waals surface area contributed by atoms with Gasteiger partial charge in [-0.3, -0.25) is 4.72 Å². The highest BCUT2D eigenvalue weighted by Crippen LogP contribution is 2.25. The minimum Gasteiger partial charge on any atom is -0.326 e. The van der Waals surface area contributed by atoms with Gasteiger partial charge in [0.15, 0.2) is 5.82 Å². The maximum absolute atomic E-state index is 13.7. The van der Waals surface area contributed by atoms with Gasteiger partial charge in [-0.05, 0) is 23.8 Å². The Morgan fingerprint density at radius 1 is 1.15 bits per heavy atom. The molecule has 0 saturated carbocycles. The normalized spacial score (nSPS) is 11.3. The molecule has 0 aromatic heterocycles. The topological polar surface area (TPSA) is 72.2 Å². The molecule has 0 amide bonds. The minimum atomic E-state index is -3.92. The lowest BCUT2D eigenvalue weighted by molar-refractivity contribution is 0.597. The summed E-state index contributed by atoms with van der Waals surface area (Å²) < 4.78 is 40.5. The van der Waals surface area contributed by atoms with E-state index in [2.05, 4.69) is 4.72 Å². The van der Waals surface area contributed by atoms with Gasteiger partial charge in [-0.2, -0.15) is 0 Å². The Hall–Kier alpha value is -1.63. The van der Waals surface area contributed by atoms with Gasteiger partial charge in [-0.15, -0.1) is 0 Å². The molecule has 0 heterocycles. The molecule has 7 heteroatoms. The van der Waals surface area contributed by atoms with Crippen molar-refractivity contribution in [1.29, 1.82) is 0 Å². The molecule has 0 aliphatic carbocycles. The molecule has 0 unspecified atom stereocenters. The standard InChI is InChI=1S/C13H12ClFN2O2S/c14-10-5-3-6-11(13(10)15)17-20(18,19)12-7-2-1-4-9(12)8-16/h1-7,17H,8,16H2. The third kappa shape index (κ3) is 2.92. The number of hydrogen-bond donors (Lipinski definition) is 2. The van der Waals surface area contributed by atoms with Crippen LogP contribution in [0.4, 0.5) is 10.1 Å². The molecular formula is C13H12ClFN2O2S. The number of nitrogens with two attached hydrogens (primary N) is 1. The fourth-order valence-corrected chi connectivity index (χ4v) is 3.20. The van der Waals surface area contributed by atoms with E-state index in [9.17, 15) is 12.8 Å². The Morgan fingerprint density at radius 2 is 1.85 bits per heavy atom. The van der Waals surface area contributed by atoms with E-state index in [1.54, 1.807) is 18.2 Å². The van der Waals surface area contributed by atoms with Gasteiger partial charge in [0.2, 0.25) is 0 Å². The monoisotopic (exact) mass is 314 g/mol. The first-order valence-corrected chi connectivity index (χ1v) is 7.56. The second-order valence-corrected chi connectivity index (χ2v) is 6.08. The Kier molecular flexibility index (Phi) is 4.27. The molecule has 4 nitrogen and oxygen atoms in total. The summed E-state index contributed by atoms with van der Waals surface area (Å²) in [4.78, 5) is 0.0156. The molecule has 0 atom stereocenters. The average molecular weight is 315 g/mol. The summed E-state index contributed by atoms with van der Waals surface area (Å²) in [5, 5.41) is -0.155. The van der Waals surface area contributed by atoms with Crippen molar-refractivity contribution in [3.05, 3.63) is 58.9 Å². The van der Waals surface area contributed by atoms with Crippen LogP contribution in [0.5, 0.6) is 0 Å². The fourth-order valence-electron chi connectivity index (χ4n) is 1.72. The predicted molar refractivity (Wildman–Crippen MR) is 76.6 cm³/mol. The molecule has 3 N–H and O–H groups in total. The lowest BCUT2D eigenvalue weighted by Crippen LogP contribution is -2.17. The van der Waals surface area contributed by atoms with Crippen LogP contribution in [0.3, 0.4) is 0 Å². The van der Waals surface area contributed by atoms with E-state index in [1.165, 1.54) is 24.3 Å². The first kappa shape index (κ1) is 14.8. The van der Waals surface area contributed by atoms with E-state index in [0.717, 1.165) is 0 Å². The SMILES string of the molecule is NCc1ccccc1S(=O)(=O)Nc1cccc(Cl)c1F. The van der Waals surface area contributed by atoms with Gasteiger partial charge in [-0.1, -0.05) is 35.9 Å². The van der Waals surface area contributed by atoms with Gasteiger partial charge in [-0.25, -0.2) is 12.8 Å². The Labute approximate surface area is 121 Å². The summed E-state index contributed by atoms with van der Waals surface area (Å²) in [6, 6.07) is 10.4. The number of hydrogen-bond acceptors (Lipinski definition) is 3. The average Bonchev–Trinajstić information content (AvgIpc) is 2.43. The summed E-state index contributed by atoms with van der Waals surface area (Å²) in [6.45, 7) is 0.0646. The highest BCUT2D eigenvalue weighted by molar-refractivity contribution is 7.92. The molecule has 0 saturated heterocycles. The summed E-state index contributed by atoms with van der Waals surface area (Å²) in [5.74, 6) is -0.817. The lowest BCUT2D eigenvalue weighted by Gasteiger charge is -2.12. The van der Waals surface area contributed by atoms with Gasteiger partial charge in [0.25, 0.3) is 10.0 Å². The van der Waals surface area contributed by atoms with Crippen LogP contribution in [0.25, 0.3) is 0 Å². The zero-order chi connectivity index (χ0) is 14.8. The number of sulfonamides is 1. The van der Waals surface area contributed by atoms with Crippen LogP contribution in [0, 0.1) is 5.82 Å². The zero-order valence-corrected chi connectivity index (χ0v) is 11.9. The van der Waals surface area contributed by atoms with Crippen molar-refractivity contribution in [2.75, 3.05) is 4.72 Å². The highest BCUT2D eigenvalue weighted by Gasteiger charge is 2.19. The van der Waals surface area contributed by atoms with E-state index in [4.69, 9.17) is 17.3 Å². The molecule has 0 spiro atoms. The largest absolute Gasteiger partial charge is 0.326 e. The van der Waals surface area contributed by atoms with E-state index >= 15 is 0 Å². The second kappa shape index (κ2) is 5.78. The number of benzene rings is 2. The van der Waals surface area contributed by atoms with Crippen LogP contribution in [0.15, 0.2) is 47.4 Å². The van der Waals surface area contributed by atoms with Crippen molar-refractivity contribution in [2.24, 2.45) is 5.73 Å². The minimum absolute atomic E-state index is 0.0156. The number of anilines is 1. The van der Waals surface area contributed by atoms with Gasteiger partial charge < -0.3 is 5.73 Å². The summed E-state index contributed by atoms with van der Waals surface area (Å²) in [7, 11) is -3.92. The number of halogens is 2. The van der Waals surface area contributed by atoms with Crippen LogP contribution in [-0.2, 0) is 16.6 Å². The molecule has 2 aromatic carbocycles. The third-order valence-corrected chi connectivity index (χ3v) is 4.44. The fraction of sp³-hybridized carbons (Fsp3) is 0.0769. The molecule has 2 rings (SSSR count). The van der Waals surface area contributed by atoms with Crippen molar-refractivity contribution < 1.29 is 12.8 Å².